The molecule has 2 heteroatoms. The van der Waals surface area contributed by atoms with E-state index in [1.807, 2.05) is 6.08 Å². The molecule has 0 aromatic rings. The standard InChI is InChI=1S/C19H28O2/c1-18-9-7-13(20)11-12(18)3-4-14-15-5-6-17(21)19(15,2)10-8-16(14)18/h7,9,12-13,15,17,20-21H,3-6,8,10-11H2,1-2H3/t12-,13+,15+,17+,18+,19+/m1/s1. The quantitative estimate of drug-likeness (QED) is 0.669. The molecule has 0 amide bonds. The van der Waals surface area contributed by atoms with Gasteiger partial charge in [-0.05, 0) is 56.8 Å². The van der Waals surface area contributed by atoms with Crippen LogP contribution in [-0.2, 0) is 0 Å². The van der Waals surface area contributed by atoms with Crippen molar-refractivity contribution < 1.29 is 10.2 Å². The highest BCUT2D eigenvalue weighted by Gasteiger charge is 2.54. The summed E-state index contributed by atoms with van der Waals surface area (Å²) >= 11 is 0. The topological polar surface area (TPSA) is 40.5 Å². The Morgan fingerprint density at radius 2 is 1.90 bits per heavy atom. The summed E-state index contributed by atoms with van der Waals surface area (Å²) in [5.41, 5.74) is 3.64. The van der Waals surface area contributed by atoms with E-state index in [0.717, 1.165) is 25.7 Å². The number of allylic oxidation sites excluding steroid dienone is 3. The maximum Gasteiger partial charge on any atom is 0.0724 e. The zero-order chi connectivity index (χ0) is 14.8. The minimum atomic E-state index is -0.243. The van der Waals surface area contributed by atoms with Crippen molar-refractivity contribution in [2.75, 3.05) is 0 Å². The van der Waals surface area contributed by atoms with E-state index in [2.05, 4.69) is 19.9 Å². The monoisotopic (exact) mass is 288 g/mol. The first kappa shape index (κ1) is 14.0. The van der Waals surface area contributed by atoms with Crippen LogP contribution in [0.25, 0.3) is 0 Å². The smallest absolute Gasteiger partial charge is 0.0724 e. The molecule has 0 radical (unpaired) electrons. The normalized spacial score (nSPS) is 52.4. The molecule has 1 saturated carbocycles. The van der Waals surface area contributed by atoms with E-state index in [4.69, 9.17) is 0 Å². The van der Waals surface area contributed by atoms with E-state index in [1.165, 1.54) is 19.3 Å². The van der Waals surface area contributed by atoms with Crippen LogP contribution in [0.15, 0.2) is 23.3 Å². The Hall–Kier alpha value is -0.600. The fraction of sp³-hybridized carbons (Fsp3) is 0.789. The third-order valence-corrected chi connectivity index (χ3v) is 7.46. The van der Waals surface area contributed by atoms with Gasteiger partial charge in [-0.25, -0.2) is 0 Å². The van der Waals surface area contributed by atoms with Crippen molar-refractivity contribution in [2.45, 2.75) is 71.0 Å². The first-order chi connectivity index (χ1) is 9.95. The SMILES string of the molecule is C[C@]12CCC3=C(CC[C@@H]4C[C@@H](O)C=C[C@]34C)[C@@H]1CC[C@@H]2O. The van der Waals surface area contributed by atoms with Gasteiger partial charge >= 0.3 is 0 Å². The third-order valence-electron chi connectivity index (χ3n) is 7.46. The van der Waals surface area contributed by atoms with Gasteiger partial charge in [0.05, 0.1) is 12.2 Å². The highest BCUT2D eigenvalue weighted by Crippen LogP contribution is 2.62. The van der Waals surface area contributed by atoms with Gasteiger partial charge in [-0.15, -0.1) is 0 Å². The molecule has 1 fully saturated rings. The third kappa shape index (κ3) is 1.78. The highest BCUT2D eigenvalue weighted by atomic mass is 16.3. The molecule has 0 bridgehead atoms. The summed E-state index contributed by atoms with van der Waals surface area (Å²) in [6, 6.07) is 0. The Labute approximate surface area is 127 Å². The average Bonchev–Trinajstić information content (AvgIpc) is 2.76. The molecule has 4 rings (SSSR count). The number of hydrogen-bond acceptors (Lipinski definition) is 2. The first-order valence-corrected chi connectivity index (χ1v) is 8.73. The Morgan fingerprint density at radius 3 is 2.71 bits per heavy atom. The highest BCUT2D eigenvalue weighted by molar-refractivity contribution is 5.38. The Kier molecular flexibility index (Phi) is 2.97. The zero-order valence-electron chi connectivity index (χ0n) is 13.3. The van der Waals surface area contributed by atoms with E-state index >= 15 is 0 Å². The van der Waals surface area contributed by atoms with Gasteiger partial charge in [-0.2, -0.15) is 0 Å². The predicted octanol–water partition coefficient (Wildman–Crippen LogP) is 3.59. The van der Waals surface area contributed by atoms with Crippen molar-refractivity contribution in [3.05, 3.63) is 23.3 Å². The van der Waals surface area contributed by atoms with Gasteiger partial charge in [-0.1, -0.05) is 37.1 Å². The maximum atomic E-state index is 10.4. The second kappa shape index (κ2) is 4.45. The molecule has 0 heterocycles. The molecule has 0 aromatic heterocycles. The fourth-order valence-corrected chi connectivity index (χ4v) is 5.99. The lowest BCUT2D eigenvalue weighted by molar-refractivity contribution is 0.0266. The fourth-order valence-electron chi connectivity index (χ4n) is 5.99. The van der Waals surface area contributed by atoms with Gasteiger partial charge in [0.15, 0.2) is 0 Å². The number of aliphatic hydroxyl groups is 2. The number of hydrogen-bond donors (Lipinski definition) is 2. The van der Waals surface area contributed by atoms with Crippen molar-refractivity contribution in [1.29, 1.82) is 0 Å². The van der Waals surface area contributed by atoms with Gasteiger partial charge in [0.2, 0.25) is 0 Å². The number of aliphatic hydroxyl groups excluding tert-OH is 2. The lowest BCUT2D eigenvalue weighted by Crippen LogP contribution is -2.44. The molecule has 0 spiro atoms. The second-order valence-corrected chi connectivity index (χ2v) is 8.34. The molecule has 0 unspecified atom stereocenters. The van der Waals surface area contributed by atoms with E-state index in [-0.39, 0.29) is 23.0 Å². The number of rotatable bonds is 0. The van der Waals surface area contributed by atoms with Crippen molar-refractivity contribution in [1.82, 2.24) is 0 Å². The summed E-state index contributed by atoms with van der Waals surface area (Å²) in [6.07, 6.45) is 11.7. The lowest BCUT2D eigenvalue weighted by Gasteiger charge is -2.52. The van der Waals surface area contributed by atoms with Crippen LogP contribution in [-0.4, -0.2) is 22.4 Å². The van der Waals surface area contributed by atoms with Crippen LogP contribution in [0.3, 0.4) is 0 Å². The summed E-state index contributed by atoms with van der Waals surface area (Å²) in [6.45, 7) is 4.70. The Balaban J connectivity index is 1.78. The molecule has 2 nitrogen and oxygen atoms in total. The van der Waals surface area contributed by atoms with Gasteiger partial charge in [0.1, 0.15) is 0 Å². The number of fused-ring (bicyclic) bond motifs is 4. The first-order valence-electron chi connectivity index (χ1n) is 8.73. The molecule has 0 aliphatic heterocycles. The summed E-state index contributed by atoms with van der Waals surface area (Å²) < 4.78 is 0. The summed E-state index contributed by atoms with van der Waals surface area (Å²) in [5, 5.41) is 20.4. The van der Waals surface area contributed by atoms with Crippen molar-refractivity contribution in [3.63, 3.8) is 0 Å². The van der Waals surface area contributed by atoms with Crippen LogP contribution >= 0.6 is 0 Å². The van der Waals surface area contributed by atoms with Crippen LogP contribution < -0.4 is 0 Å². The maximum absolute atomic E-state index is 10.4. The van der Waals surface area contributed by atoms with Gasteiger partial charge < -0.3 is 10.2 Å². The van der Waals surface area contributed by atoms with Crippen molar-refractivity contribution in [3.8, 4) is 0 Å². The summed E-state index contributed by atoms with van der Waals surface area (Å²) in [5.74, 6) is 1.21. The molecule has 6 atom stereocenters. The molecule has 21 heavy (non-hydrogen) atoms. The van der Waals surface area contributed by atoms with Crippen LogP contribution in [0.2, 0.25) is 0 Å². The molecule has 116 valence electrons. The average molecular weight is 288 g/mol. The minimum Gasteiger partial charge on any atom is -0.393 e. The summed E-state index contributed by atoms with van der Waals surface area (Å²) in [7, 11) is 0. The van der Waals surface area contributed by atoms with Crippen LogP contribution in [0, 0.1) is 22.7 Å². The predicted molar refractivity (Wildman–Crippen MR) is 83.7 cm³/mol. The van der Waals surface area contributed by atoms with E-state index < -0.39 is 0 Å². The molecular formula is C19H28O2. The van der Waals surface area contributed by atoms with E-state index in [1.54, 1.807) is 11.1 Å². The van der Waals surface area contributed by atoms with Gasteiger partial charge in [0.25, 0.3) is 0 Å². The van der Waals surface area contributed by atoms with Gasteiger partial charge in [-0.3, -0.25) is 0 Å². The molecule has 4 aliphatic carbocycles. The van der Waals surface area contributed by atoms with Gasteiger partial charge in [0, 0.05) is 10.8 Å². The van der Waals surface area contributed by atoms with Crippen molar-refractivity contribution in [2.24, 2.45) is 22.7 Å². The van der Waals surface area contributed by atoms with Crippen molar-refractivity contribution >= 4 is 0 Å². The van der Waals surface area contributed by atoms with E-state index in [9.17, 15) is 10.2 Å². The van der Waals surface area contributed by atoms with Crippen LogP contribution in [0.4, 0.5) is 0 Å². The van der Waals surface area contributed by atoms with Crippen LogP contribution in [0.5, 0.6) is 0 Å². The van der Waals surface area contributed by atoms with Crippen LogP contribution in [0.1, 0.15) is 58.8 Å². The summed E-state index contributed by atoms with van der Waals surface area (Å²) in [4.78, 5) is 0. The van der Waals surface area contributed by atoms with E-state index in [0.29, 0.717) is 11.8 Å². The molecule has 4 aliphatic rings. The largest absolute Gasteiger partial charge is 0.393 e. The lowest BCUT2D eigenvalue weighted by atomic mass is 9.53. The Morgan fingerprint density at radius 1 is 1.10 bits per heavy atom. The second-order valence-electron chi connectivity index (χ2n) is 8.34. The molecule has 0 aromatic carbocycles. The zero-order valence-corrected chi connectivity index (χ0v) is 13.3. The molecule has 0 saturated heterocycles. The molecular weight excluding hydrogens is 260 g/mol. The minimum absolute atomic E-state index is 0.106. The molecule has 2 N–H and O–H groups in total. The Bertz CT molecular complexity index is 520.